The number of carboxylic acids is 1. The van der Waals surface area contributed by atoms with Gasteiger partial charge >= 0.3 is 5.97 Å². The van der Waals surface area contributed by atoms with Crippen molar-refractivity contribution in [2.45, 2.75) is 36.2 Å². The fourth-order valence-electron chi connectivity index (χ4n) is 2.72. The Labute approximate surface area is 164 Å². The van der Waals surface area contributed by atoms with Crippen LogP contribution in [0, 0.1) is 13.8 Å². The van der Waals surface area contributed by atoms with E-state index in [0.29, 0.717) is 12.2 Å². The van der Waals surface area contributed by atoms with Crippen LogP contribution in [0.3, 0.4) is 0 Å². The van der Waals surface area contributed by atoms with Crippen LogP contribution in [0.15, 0.2) is 82.6 Å². The van der Waals surface area contributed by atoms with Crippen molar-refractivity contribution in [2.24, 2.45) is 0 Å². The van der Waals surface area contributed by atoms with Gasteiger partial charge in [-0.25, -0.2) is 4.79 Å². The first kappa shape index (κ1) is 19.1. The number of carboxylic acid groups (broad SMARTS) is 1. The highest BCUT2D eigenvalue weighted by Crippen LogP contribution is 2.31. The number of rotatable bonds is 7. The molecule has 1 N–H and O–H groups in total. The Morgan fingerprint density at radius 1 is 0.963 bits per heavy atom. The summed E-state index contributed by atoms with van der Waals surface area (Å²) >= 11 is 1.63. The number of hydrogen-bond acceptors (Lipinski definition) is 3. The quantitative estimate of drug-likeness (QED) is 0.587. The van der Waals surface area contributed by atoms with Gasteiger partial charge in [-0.2, -0.15) is 0 Å². The van der Waals surface area contributed by atoms with Gasteiger partial charge in [0.2, 0.25) is 0 Å². The van der Waals surface area contributed by atoms with Gasteiger partial charge in [0.05, 0.1) is 0 Å². The van der Waals surface area contributed by atoms with Crippen LogP contribution in [0.1, 0.15) is 16.7 Å². The predicted molar refractivity (Wildman–Crippen MR) is 109 cm³/mol. The Kier molecular flexibility index (Phi) is 6.20. The number of ether oxygens (including phenoxy) is 1. The molecule has 0 radical (unpaired) electrons. The van der Waals surface area contributed by atoms with Gasteiger partial charge in [0.1, 0.15) is 5.75 Å². The lowest BCUT2D eigenvalue weighted by atomic mass is 10.1. The van der Waals surface area contributed by atoms with Gasteiger partial charge < -0.3 is 9.84 Å². The highest BCUT2D eigenvalue weighted by Gasteiger charge is 2.22. The molecule has 0 bridgehead atoms. The maximum atomic E-state index is 11.8. The van der Waals surface area contributed by atoms with Crippen LogP contribution in [-0.4, -0.2) is 17.2 Å². The van der Waals surface area contributed by atoms with Gasteiger partial charge in [-0.3, -0.25) is 0 Å². The molecule has 0 aliphatic rings. The molecule has 0 aliphatic carbocycles. The summed E-state index contributed by atoms with van der Waals surface area (Å²) in [5.74, 6) is -0.383. The molecule has 0 fully saturated rings. The van der Waals surface area contributed by atoms with E-state index in [1.807, 2.05) is 86.6 Å². The minimum absolute atomic E-state index is 0.304. The third kappa shape index (κ3) is 5.14. The van der Waals surface area contributed by atoms with E-state index < -0.39 is 12.1 Å². The molecule has 3 aromatic carbocycles. The molecular weight excluding hydrogens is 356 g/mol. The first-order valence-electron chi connectivity index (χ1n) is 8.80. The van der Waals surface area contributed by atoms with Crippen molar-refractivity contribution in [3.05, 3.63) is 89.5 Å². The molecule has 1 atom stereocenters. The topological polar surface area (TPSA) is 46.5 Å². The Balaban J connectivity index is 1.80. The summed E-state index contributed by atoms with van der Waals surface area (Å²) < 4.78 is 5.81. The number of carbonyl (C=O) groups is 1. The van der Waals surface area contributed by atoms with Gasteiger partial charge in [0, 0.05) is 16.2 Å². The van der Waals surface area contributed by atoms with Gasteiger partial charge in [-0.15, -0.1) is 0 Å². The second-order valence-electron chi connectivity index (χ2n) is 6.42. The minimum Gasteiger partial charge on any atom is -0.478 e. The summed E-state index contributed by atoms with van der Waals surface area (Å²) in [5, 5.41) is 9.67. The van der Waals surface area contributed by atoms with Crippen LogP contribution in [0.5, 0.6) is 5.75 Å². The summed E-state index contributed by atoms with van der Waals surface area (Å²) in [5.41, 5.74) is 3.19. The smallest absolute Gasteiger partial charge is 0.345 e. The van der Waals surface area contributed by atoms with Crippen molar-refractivity contribution >= 4 is 17.7 Å². The number of hydrogen-bond donors (Lipinski definition) is 1. The first-order valence-corrected chi connectivity index (χ1v) is 9.62. The SMILES string of the molecule is Cc1ccc(OC(Cc2ccccc2Sc2ccccc2)C(=O)O)cc1C. The number of benzene rings is 3. The maximum Gasteiger partial charge on any atom is 0.345 e. The van der Waals surface area contributed by atoms with Crippen molar-refractivity contribution < 1.29 is 14.6 Å². The van der Waals surface area contributed by atoms with E-state index in [1.165, 1.54) is 0 Å². The van der Waals surface area contributed by atoms with Crippen molar-refractivity contribution in [1.82, 2.24) is 0 Å². The summed E-state index contributed by atoms with van der Waals surface area (Å²) in [7, 11) is 0. The van der Waals surface area contributed by atoms with E-state index in [4.69, 9.17) is 4.74 Å². The van der Waals surface area contributed by atoms with Crippen LogP contribution < -0.4 is 4.74 Å². The van der Waals surface area contributed by atoms with E-state index >= 15 is 0 Å². The van der Waals surface area contributed by atoms with Crippen molar-refractivity contribution in [1.29, 1.82) is 0 Å². The lowest BCUT2D eigenvalue weighted by molar-refractivity contribution is -0.145. The van der Waals surface area contributed by atoms with Crippen LogP contribution >= 0.6 is 11.8 Å². The Morgan fingerprint density at radius 2 is 1.67 bits per heavy atom. The minimum atomic E-state index is -0.965. The van der Waals surface area contributed by atoms with Gasteiger partial charge in [0.15, 0.2) is 6.10 Å². The summed E-state index contributed by atoms with van der Waals surface area (Å²) in [6.45, 7) is 4.01. The van der Waals surface area contributed by atoms with E-state index in [1.54, 1.807) is 11.8 Å². The molecule has 0 saturated heterocycles. The van der Waals surface area contributed by atoms with E-state index in [-0.39, 0.29) is 0 Å². The Hall–Kier alpha value is -2.72. The number of aryl methyl sites for hydroxylation is 2. The standard InChI is InChI=1S/C23H22O3S/c1-16-12-13-19(14-17(16)2)26-21(23(24)25)15-18-8-6-7-11-22(18)27-20-9-4-3-5-10-20/h3-14,21H,15H2,1-2H3,(H,24,25). The second-order valence-corrected chi connectivity index (χ2v) is 7.53. The second kappa shape index (κ2) is 8.78. The molecule has 1 unspecified atom stereocenters. The van der Waals surface area contributed by atoms with Crippen molar-refractivity contribution in [3.63, 3.8) is 0 Å². The Bertz CT molecular complexity index is 922. The molecule has 0 saturated carbocycles. The van der Waals surface area contributed by atoms with Crippen molar-refractivity contribution in [3.8, 4) is 5.75 Å². The molecule has 4 heteroatoms. The van der Waals surface area contributed by atoms with Crippen LogP contribution in [0.4, 0.5) is 0 Å². The third-order valence-corrected chi connectivity index (χ3v) is 5.51. The molecule has 0 aromatic heterocycles. The third-order valence-electron chi connectivity index (χ3n) is 4.38. The van der Waals surface area contributed by atoms with Gasteiger partial charge in [-0.1, -0.05) is 54.2 Å². The van der Waals surface area contributed by atoms with E-state index in [0.717, 1.165) is 26.5 Å². The van der Waals surface area contributed by atoms with Crippen LogP contribution in [0.25, 0.3) is 0 Å². The molecule has 27 heavy (non-hydrogen) atoms. The first-order chi connectivity index (χ1) is 13.0. The average molecular weight is 378 g/mol. The normalized spacial score (nSPS) is 11.8. The maximum absolute atomic E-state index is 11.8. The highest BCUT2D eigenvalue weighted by molar-refractivity contribution is 7.99. The molecule has 3 aromatic rings. The summed E-state index contributed by atoms with van der Waals surface area (Å²) in [4.78, 5) is 14.0. The Morgan fingerprint density at radius 3 is 2.37 bits per heavy atom. The zero-order valence-electron chi connectivity index (χ0n) is 15.4. The van der Waals surface area contributed by atoms with E-state index in [2.05, 4.69) is 0 Å². The molecule has 3 rings (SSSR count). The average Bonchev–Trinajstić information content (AvgIpc) is 2.66. The zero-order chi connectivity index (χ0) is 19.2. The monoisotopic (exact) mass is 378 g/mol. The zero-order valence-corrected chi connectivity index (χ0v) is 16.2. The lowest BCUT2D eigenvalue weighted by Gasteiger charge is -2.18. The van der Waals surface area contributed by atoms with Crippen LogP contribution in [-0.2, 0) is 11.2 Å². The van der Waals surface area contributed by atoms with Crippen LogP contribution in [0.2, 0.25) is 0 Å². The molecule has 0 spiro atoms. The number of aliphatic carboxylic acids is 1. The highest BCUT2D eigenvalue weighted by atomic mass is 32.2. The van der Waals surface area contributed by atoms with Crippen molar-refractivity contribution in [2.75, 3.05) is 0 Å². The molecule has 3 nitrogen and oxygen atoms in total. The summed E-state index contributed by atoms with van der Waals surface area (Å²) in [6, 6.07) is 23.6. The fraction of sp³-hybridized carbons (Fsp3) is 0.174. The lowest BCUT2D eigenvalue weighted by Crippen LogP contribution is -2.29. The summed E-state index contributed by atoms with van der Waals surface area (Å²) in [6.07, 6.45) is -0.636. The fourth-order valence-corrected chi connectivity index (χ4v) is 3.69. The van der Waals surface area contributed by atoms with Gasteiger partial charge in [-0.05, 0) is 60.9 Å². The van der Waals surface area contributed by atoms with E-state index in [9.17, 15) is 9.90 Å². The predicted octanol–water partition coefficient (Wildman–Crippen LogP) is 5.53. The molecule has 0 aliphatic heterocycles. The molecule has 0 heterocycles. The largest absolute Gasteiger partial charge is 0.478 e. The van der Waals surface area contributed by atoms with Gasteiger partial charge in [0.25, 0.3) is 0 Å². The molecule has 138 valence electrons. The molecular formula is C23H22O3S. The molecule has 0 amide bonds.